The normalized spacial score (nSPS) is 12.0. The molecular weight excluding hydrogens is 362 g/mol. The van der Waals surface area contributed by atoms with Gasteiger partial charge in [0.2, 0.25) is 0 Å². The number of carbonyl (C=O) groups excluding carboxylic acids is 1. The highest BCUT2D eigenvalue weighted by molar-refractivity contribution is 7.84. The van der Waals surface area contributed by atoms with Crippen LogP contribution < -0.4 is 5.32 Å². The van der Waals surface area contributed by atoms with Crippen LogP contribution in [0.4, 0.5) is 5.82 Å². The summed E-state index contributed by atoms with van der Waals surface area (Å²) in [6, 6.07) is 16.2. The van der Waals surface area contributed by atoms with Gasteiger partial charge in [-0.25, -0.2) is 14.5 Å². The fourth-order valence-electron chi connectivity index (χ4n) is 2.63. The van der Waals surface area contributed by atoms with Gasteiger partial charge in [0.1, 0.15) is 5.82 Å². The third-order valence-corrected chi connectivity index (χ3v) is 4.88. The molecule has 27 heavy (non-hydrogen) atoms. The van der Waals surface area contributed by atoms with Crippen molar-refractivity contribution < 1.29 is 9.00 Å². The summed E-state index contributed by atoms with van der Waals surface area (Å²) in [6.07, 6.45) is 4.71. The van der Waals surface area contributed by atoms with Crippen LogP contribution in [0.2, 0.25) is 0 Å². The molecule has 1 atom stereocenters. The largest absolute Gasteiger partial charge is 0.305 e. The van der Waals surface area contributed by atoms with Gasteiger partial charge in [-0.15, -0.1) is 0 Å². The molecule has 4 rings (SSSR count). The molecule has 134 valence electrons. The summed E-state index contributed by atoms with van der Waals surface area (Å²) < 4.78 is 13.2. The third-order valence-electron chi connectivity index (χ3n) is 3.96. The zero-order valence-electron chi connectivity index (χ0n) is 14.4. The van der Waals surface area contributed by atoms with E-state index in [2.05, 4.69) is 20.4 Å². The summed E-state index contributed by atoms with van der Waals surface area (Å²) in [7, 11) is -1.08. The Balaban J connectivity index is 1.72. The molecule has 3 heterocycles. The van der Waals surface area contributed by atoms with Gasteiger partial charge in [0.15, 0.2) is 11.3 Å². The second kappa shape index (κ2) is 7.08. The van der Waals surface area contributed by atoms with Gasteiger partial charge in [-0.1, -0.05) is 18.2 Å². The van der Waals surface area contributed by atoms with Crippen molar-refractivity contribution in [2.75, 3.05) is 11.6 Å². The van der Waals surface area contributed by atoms with Crippen molar-refractivity contribution in [3.8, 4) is 11.3 Å². The number of hydrogen-bond donors (Lipinski definition) is 1. The van der Waals surface area contributed by atoms with Crippen molar-refractivity contribution >= 4 is 28.2 Å². The first-order chi connectivity index (χ1) is 13.1. The van der Waals surface area contributed by atoms with E-state index in [-0.39, 0.29) is 5.91 Å². The fourth-order valence-corrected chi connectivity index (χ4v) is 3.20. The van der Waals surface area contributed by atoms with Gasteiger partial charge >= 0.3 is 0 Å². The fraction of sp³-hybridized carbons (Fsp3) is 0.0526. The van der Waals surface area contributed by atoms with Crippen molar-refractivity contribution in [2.45, 2.75) is 4.90 Å². The average Bonchev–Trinajstić information content (AvgIpc) is 3.12. The van der Waals surface area contributed by atoms with E-state index in [9.17, 15) is 9.00 Å². The first-order valence-corrected chi connectivity index (χ1v) is 9.69. The molecule has 3 aromatic heterocycles. The average molecular weight is 377 g/mol. The van der Waals surface area contributed by atoms with Gasteiger partial charge < -0.3 is 5.32 Å². The van der Waals surface area contributed by atoms with Crippen LogP contribution in [0.3, 0.4) is 0 Å². The maximum atomic E-state index is 12.6. The lowest BCUT2D eigenvalue weighted by Gasteiger charge is -2.06. The predicted octanol–water partition coefficient (Wildman–Crippen LogP) is 2.78. The Labute approximate surface area is 157 Å². The van der Waals surface area contributed by atoms with Crippen molar-refractivity contribution in [1.82, 2.24) is 19.6 Å². The van der Waals surface area contributed by atoms with Crippen LogP contribution in [-0.2, 0) is 10.8 Å². The predicted molar refractivity (Wildman–Crippen MR) is 103 cm³/mol. The van der Waals surface area contributed by atoms with Crippen molar-refractivity contribution in [3.05, 3.63) is 72.7 Å². The summed E-state index contributed by atoms with van der Waals surface area (Å²) in [6.45, 7) is 0. The molecule has 1 N–H and O–H groups in total. The molecule has 0 spiro atoms. The van der Waals surface area contributed by atoms with Crippen LogP contribution in [-0.4, -0.2) is 36.0 Å². The van der Waals surface area contributed by atoms with E-state index in [0.717, 1.165) is 5.56 Å². The first-order valence-electron chi connectivity index (χ1n) is 8.13. The molecule has 0 aliphatic heterocycles. The van der Waals surface area contributed by atoms with Crippen LogP contribution >= 0.6 is 0 Å². The lowest BCUT2D eigenvalue weighted by atomic mass is 10.1. The number of nitrogens with one attached hydrogen (secondary N) is 1. The number of nitrogens with zero attached hydrogens (tertiary/aromatic N) is 4. The molecule has 7 nitrogen and oxygen atoms in total. The number of pyridine rings is 1. The summed E-state index contributed by atoms with van der Waals surface area (Å²) >= 11 is 0. The monoisotopic (exact) mass is 377 g/mol. The van der Waals surface area contributed by atoms with Gasteiger partial charge in [-0.2, -0.15) is 5.10 Å². The number of benzene rings is 1. The standard InChI is InChI=1S/C19H15N5O2S/c1-27(26)14-6-4-5-13(11-14)15-8-9-18-21-12-16(24(18)23-15)19(25)22-17-7-2-3-10-20-17/h2-12H,1H3,(H,20,22,25). The molecule has 0 bridgehead atoms. The summed E-state index contributed by atoms with van der Waals surface area (Å²) in [5, 5.41) is 7.27. The molecule has 1 aromatic carbocycles. The van der Waals surface area contributed by atoms with Crippen molar-refractivity contribution in [2.24, 2.45) is 0 Å². The molecule has 0 aliphatic rings. The number of aromatic nitrogens is 4. The number of imidazole rings is 1. The first kappa shape index (κ1) is 17.0. The van der Waals surface area contributed by atoms with Crippen LogP contribution in [0, 0.1) is 0 Å². The number of rotatable bonds is 4. The number of fused-ring (bicyclic) bond motifs is 1. The Morgan fingerprint density at radius 3 is 2.74 bits per heavy atom. The Kier molecular flexibility index (Phi) is 4.47. The maximum Gasteiger partial charge on any atom is 0.277 e. The topological polar surface area (TPSA) is 89.2 Å². The highest BCUT2D eigenvalue weighted by atomic mass is 32.2. The highest BCUT2D eigenvalue weighted by Gasteiger charge is 2.15. The third kappa shape index (κ3) is 3.47. The van der Waals surface area contributed by atoms with E-state index in [1.165, 1.54) is 10.7 Å². The minimum Gasteiger partial charge on any atom is -0.305 e. The number of amides is 1. The van der Waals surface area contributed by atoms with Gasteiger partial charge in [-0.3, -0.25) is 9.00 Å². The van der Waals surface area contributed by atoms with Crippen LogP contribution in [0.5, 0.6) is 0 Å². The van der Waals surface area contributed by atoms with E-state index < -0.39 is 10.8 Å². The molecule has 0 fully saturated rings. The zero-order chi connectivity index (χ0) is 18.8. The molecule has 1 amide bonds. The minimum atomic E-state index is -1.08. The van der Waals surface area contributed by atoms with Crippen molar-refractivity contribution in [1.29, 1.82) is 0 Å². The highest BCUT2D eigenvalue weighted by Crippen LogP contribution is 2.20. The van der Waals surface area contributed by atoms with Gasteiger partial charge in [-0.05, 0) is 36.4 Å². The smallest absolute Gasteiger partial charge is 0.277 e. The minimum absolute atomic E-state index is 0.299. The van der Waals surface area contributed by atoms with Crippen LogP contribution in [0.15, 0.2) is 71.9 Å². The van der Waals surface area contributed by atoms with Gasteiger partial charge in [0.05, 0.1) is 11.9 Å². The molecule has 0 saturated heterocycles. The Hall–Kier alpha value is -3.39. The second-order valence-corrected chi connectivity index (χ2v) is 7.16. The molecule has 4 aromatic rings. The Morgan fingerprint density at radius 2 is 1.96 bits per heavy atom. The molecule has 0 radical (unpaired) electrons. The van der Waals surface area contributed by atoms with Crippen LogP contribution in [0.1, 0.15) is 10.5 Å². The molecule has 1 unspecified atom stereocenters. The zero-order valence-corrected chi connectivity index (χ0v) is 15.2. The Bertz CT molecular complexity index is 1160. The number of carbonyl (C=O) groups is 1. The second-order valence-electron chi connectivity index (χ2n) is 5.78. The summed E-state index contributed by atoms with van der Waals surface area (Å²) in [4.78, 5) is 21.6. The van der Waals surface area contributed by atoms with Gasteiger partial charge in [0.25, 0.3) is 5.91 Å². The summed E-state index contributed by atoms with van der Waals surface area (Å²) in [5.41, 5.74) is 2.32. The number of hydrogen-bond acceptors (Lipinski definition) is 5. The van der Waals surface area contributed by atoms with E-state index in [1.54, 1.807) is 42.8 Å². The molecule has 8 heteroatoms. The molecule has 0 saturated carbocycles. The lowest BCUT2D eigenvalue weighted by molar-refractivity contribution is 0.102. The van der Waals surface area contributed by atoms with Crippen LogP contribution in [0.25, 0.3) is 16.9 Å². The van der Waals surface area contributed by atoms with E-state index >= 15 is 0 Å². The SMILES string of the molecule is CS(=O)c1cccc(-c2ccc3ncc(C(=O)Nc4ccccn4)n3n2)c1. The number of anilines is 1. The quantitative estimate of drug-likeness (QED) is 0.591. The van der Waals surface area contributed by atoms with E-state index in [4.69, 9.17) is 0 Å². The maximum absolute atomic E-state index is 12.6. The van der Waals surface area contributed by atoms with E-state index in [0.29, 0.717) is 27.7 Å². The van der Waals surface area contributed by atoms with E-state index in [1.807, 2.05) is 24.3 Å². The molecular formula is C19H15N5O2S. The lowest BCUT2D eigenvalue weighted by Crippen LogP contribution is -2.16. The van der Waals surface area contributed by atoms with Crippen molar-refractivity contribution in [3.63, 3.8) is 0 Å². The summed E-state index contributed by atoms with van der Waals surface area (Å²) in [5.74, 6) is 0.0981. The molecule has 0 aliphatic carbocycles. The Morgan fingerprint density at radius 1 is 1.07 bits per heavy atom. The van der Waals surface area contributed by atoms with Gasteiger partial charge in [0, 0.05) is 33.7 Å².